The number of benzene rings is 1. The minimum Gasteiger partial charge on any atom is -0.0617 e. The van der Waals surface area contributed by atoms with E-state index in [1.807, 2.05) is 0 Å². The van der Waals surface area contributed by atoms with Crippen LogP contribution in [0.5, 0.6) is 0 Å². The van der Waals surface area contributed by atoms with E-state index in [9.17, 15) is 0 Å². The van der Waals surface area contributed by atoms with E-state index in [0.29, 0.717) is 0 Å². The van der Waals surface area contributed by atoms with E-state index in [-0.39, 0.29) is 0 Å². The van der Waals surface area contributed by atoms with E-state index in [0.717, 1.165) is 5.92 Å². The molecule has 1 atom stereocenters. The molecule has 0 amide bonds. The first-order valence-electron chi connectivity index (χ1n) is 5.40. The summed E-state index contributed by atoms with van der Waals surface area (Å²) in [5.41, 5.74) is 4.86. The van der Waals surface area contributed by atoms with Crippen LogP contribution in [0.4, 0.5) is 0 Å². The fourth-order valence-electron chi connectivity index (χ4n) is 2.94. The Hall–Kier alpha value is -0.780. The van der Waals surface area contributed by atoms with Gasteiger partial charge in [0.2, 0.25) is 0 Å². The standard InChI is InChI=1S/C13H15/c1-4-10-6-2-8-12-9-3-7-11(5-1)13(10)12/h1,4-6,12H,2-3,7-9H2/t12-/m0/s1. The smallest absolute Gasteiger partial charge is 0.00898 e. The normalized spacial score (nSPS) is 21.2. The molecule has 0 N–H and O–H groups in total. The molecule has 67 valence electrons. The maximum Gasteiger partial charge on any atom is -0.00898 e. The van der Waals surface area contributed by atoms with Crippen molar-refractivity contribution in [1.82, 2.24) is 0 Å². The van der Waals surface area contributed by atoms with Crippen molar-refractivity contribution in [2.45, 2.75) is 38.0 Å². The van der Waals surface area contributed by atoms with Crippen molar-refractivity contribution in [3.05, 3.63) is 41.3 Å². The van der Waals surface area contributed by atoms with Crippen LogP contribution in [-0.2, 0) is 6.42 Å². The molecular formula is C13H15. The van der Waals surface area contributed by atoms with Crippen LogP contribution in [0.1, 0.15) is 48.3 Å². The second-order valence-corrected chi connectivity index (χ2v) is 4.29. The molecule has 0 fully saturated rings. The van der Waals surface area contributed by atoms with Gasteiger partial charge in [0.25, 0.3) is 0 Å². The summed E-state index contributed by atoms with van der Waals surface area (Å²) in [5.74, 6) is 0.893. The zero-order valence-electron chi connectivity index (χ0n) is 7.92. The predicted molar refractivity (Wildman–Crippen MR) is 54.8 cm³/mol. The lowest BCUT2D eigenvalue weighted by molar-refractivity contribution is 0.502. The van der Waals surface area contributed by atoms with Crippen molar-refractivity contribution in [1.29, 1.82) is 0 Å². The van der Waals surface area contributed by atoms with E-state index in [4.69, 9.17) is 0 Å². The monoisotopic (exact) mass is 171 g/mol. The largest absolute Gasteiger partial charge is 0.0617 e. The summed E-state index contributed by atoms with van der Waals surface area (Å²) in [7, 11) is 0. The van der Waals surface area contributed by atoms with Crippen LogP contribution in [0.3, 0.4) is 0 Å². The lowest BCUT2D eigenvalue weighted by atomic mass is 9.74. The molecule has 0 aliphatic heterocycles. The molecule has 0 heterocycles. The maximum absolute atomic E-state index is 2.42. The first-order valence-corrected chi connectivity index (χ1v) is 5.40. The van der Waals surface area contributed by atoms with Gasteiger partial charge in [0.1, 0.15) is 0 Å². The Morgan fingerprint density at radius 1 is 1.15 bits per heavy atom. The third-order valence-corrected chi connectivity index (χ3v) is 3.52. The Balaban J connectivity index is 2.18. The molecule has 0 aromatic heterocycles. The molecular weight excluding hydrogens is 156 g/mol. The minimum absolute atomic E-state index is 0.893. The van der Waals surface area contributed by atoms with Crippen LogP contribution >= 0.6 is 0 Å². The van der Waals surface area contributed by atoms with Gasteiger partial charge in [-0.25, -0.2) is 0 Å². The van der Waals surface area contributed by atoms with E-state index >= 15 is 0 Å². The van der Waals surface area contributed by atoms with Crippen molar-refractivity contribution >= 4 is 0 Å². The topological polar surface area (TPSA) is 0 Å². The SMILES string of the molecule is [CH]1CC[C@H]2CCCc3cccc1c32. The Labute approximate surface area is 80.0 Å². The second-order valence-electron chi connectivity index (χ2n) is 4.29. The fraction of sp³-hybridized carbons (Fsp3) is 0.462. The van der Waals surface area contributed by atoms with Gasteiger partial charge in [-0.05, 0) is 61.1 Å². The summed E-state index contributed by atoms with van der Waals surface area (Å²) in [6.07, 6.45) is 9.25. The van der Waals surface area contributed by atoms with Crippen LogP contribution in [0, 0.1) is 6.42 Å². The highest BCUT2D eigenvalue weighted by Crippen LogP contribution is 2.41. The van der Waals surface area contributed by atoms with Crippen molar-refractivity contribution < 1.29 is 0 Å². The number of hydrogen-bond acceptors (Lipinski definition) is 0. The highest BCUT2D eigenvalue weighted by molar-refractivity contribution is 5.45. The maximum atomic E-state index is 2.42. The highest BCUT2D eigenvalue weighted by atomic mass is 14.3. The summed E-state index contributed by atoms with van der Waals surface area (Å²) in [6.45, 7) is 0. The Morgan fingerprint density at radius 3 is 3.15 bits per heavy atom. The lowest BCUT2D eigenvalue weighted by Gasteiger charge is -2.31. The molecule has 0 bridgehead atoms. The average molecular weight is 171 g/mol. The Morgan fingerprint density at radius 2 is 2.15 bits per heavy atom. The first kappa shape index (κ1) is 7.61. The molecule has 1 aromatic rings. The van der Waals surface area contributed by atoms with Crippen LogP contribution in [-0.4, -0.2) is 0 Å². The van der Waals surface area contributed by atoms with Crippen molar-refractivity contribution in [3.8, 4) is 0 Å². The molecule has 0 spiro atoms. The molecule has 0 saturated carbocycles. The second kappa shape index (κ2) is 2.87. The van der Waals surface area contributed by atoms with Crippen molar-refractivity contribution in [2.75, 3.05) is 0 Å². The van der Waals surface area contributed by atoms with Crippen LogP contribution < -0.4 is 0 Å². The summed E-state index contributed by atoms with van der Waals surface area (Å²) in [4.78, 5) is 0. The molecule has 1 aromatic carbocycles. The van der Waals surface area contributed by atoms with Crippen LogP contribution in [0.15, 0.2) is 18.2 Å². The third-order valence-electron chi connectivity index (χ3n) is 3.52. The highest BCUT2D eigenvalue weighted by Gasteiger charge is 2.25. The van der Waals surface area contributed by atoms with E-state index in [1.54, 1.807) is 11.1 Å². The fourth-order valence-corrected chi connectivity index (χ4v) is 2.94. The summed E-state index contributed by atoms with van der Waals surface area (Å²) >= 11 is 0. The molecule has 0 unspecified atom stereocenters. The van der Waals surface area contributed by atoms with Crippen molar-refractivity contribution in [3.63, 3.8) is 0 Å². The van der Waals surface area contributed by atoms with Gasteiger partial charge in [0.05, 0.1) is 0 Å². The molecule has 2 aliphatic rings. The average Bonchev–Trinajstić information content (AvgIpc) is 2.19. The van der Waals surface area contributed by atoms with E-state index in [2.05, 4.69) is 24.6 Å². The molecule has 0 saturated heterocycles. The number of hydrogen-bond donors (Lipinski definition) is 0. The van der Waals surface area contributed by atoms with Gasteiger partial charge in [0, 0.05) is 0 Å². The van der Waals surface area contributed by atoms with Gasteiger partial charge in [-0.3, -0.25) is 0 Å². The molecule has 3 rings (SSSR count). The minimum atomic E-state index is 0.893. The Kier molecular flexibility index (Phi) is 1.68. The zero-order valence-corrected chi connectivity index (χ0v) is 7.92. The zero-order chi connectivity index (χ0) is 8.67. The quantitative estimate of drug-likeness (QED) is 0.561. The van der Waals surface area contributed by atoms with Gasteiger partial charge in [-0.1, -0.05) is 18.2 Å². The molecule has 0 nitrogen and oxygen atoms in total. The number of aryl methyl sites for hydroxylation is 1. The lowest BCUT2D eigenvalue weighted by Crippen LogP contribution is -2.15. The summed E-state index contributed by atoms with van der Waals surface area (Å²) in [5, 5.41) is 0. The Bertz CT molecular complexity index is 297. The van der Waals surface area contributed by atoms with Crippen LogP contribution in [0.25, 0.3) is 0 Å². The van der Waals surface area contributed by atoms with Gasteiger partial charge in [0.15, 0.2) is 0 Å². The van der Waals surface area contributed by atoms with Crippen LogP contribution in [0.2, 0.25) is 0 Å². The summed E-state index contributed by atoms with van der Waals surface area (Å²) in [6, 6.07) is 6.83. The van der Waals surface area contributed by atoms with Gasteiger partial charge >= 0.3 is 0 Å². The van der Waals surface area contributed by atoms with Gasteiger partial charge in [-0.15, -0.1) is 0 Å². The van der Waals surface area contributed by atoms with Gasteiger partial charge in [-0.2, -0.15) is 0 Å². The van der Waals surface area contributed by atoms with E-state index < -0.39 is 0 Å². The molecule has 2 aliphatic carbocycles. The van der Waals surface area contributed by atoms with E-state index in [1.165, 1.54) is 37.7 Å². The third kappa shape index (κ3) is 1.12. The predicted octanol–water partition coefficient (Wildman–Crippen LogP) is 3.45. The molecule has 0 heteroatoms. The van der Waals surface area contributed by atoms with Crippen molar-refractivity contribution in [2.24, 2.45) is 0 Å². The first-order chi connectivity index (χ1) is 6.45. The summed E-state index contributed by atoms with van der Waals surface area (Å²) < 4.78 is 0. The van der Waals surface area contributed by atoms with Gasteiger partial charge < -0.3 is 0 Å². The molecule has 13 heavy (non-hydrogen) atoms. The molecule has 1 radical (unpaired) electrons. The number of rotatable bonds is 0.